The number of nitrogens with zero attached hydrogens (tertiary/aromatic N) is 1. The predicted octanol–water partition coefficient (Wildman–Crippen LogP) is 13.6. The summed E-state index contributed by atoms with van der Waals surface area (Å²) >= 11 is 1.74. The smallest absolute Gasteiger partial charge is 0.124 e. The molecule has 10 rings (SSSR count). The molecule has 1 nitrogen and oxygen atoms in total. The van der Waals surface area contributed by atoms with Crippen LogP contribution in [-0.2, 0) is 0 Å². The summed E-state index contributed by atoms with van der Waals surface area (Å²) < 4.78 is 1.21. The van der Waals surface area contributed by atoms with E-state index in [1.807, 2.05) is 0 Å². The topological polar surface area (TPSA) is 12.9 Å². The van der Waals surface area contributed by atoms with Crippen LogP contribution in [0.5, 0.6) is 0 Å². The first-order chi connectivity index (χ1) is 24.3. The van der Waals surface area contributed by atoms with Crippen molar-refractivity contribution in [1.29, 1.82) is 0 Å². The lowest BCUT2D eigenvalue weighted by Crippen LogP contribution is -1.92. The fraction of sp³-hybridized carbons (Fsp3) is 0. The van der Waals surface area contributed by atoms with E-state index in [9.17, 15) is 0 Å². The van der Waals surface area contributed by atoms with E-state index in [-0.39, 0.29) is 0 Å². The Balaban J connectivity index is 1.21. The monoisotopic (exact) mass is 639 g/mol. The van der Waals surface area contributed by atoms with Crippen LogP contribution in [0.4, 0.5) is 0 Å². The van der Waals surface area contributed by atoms with Crippen LogP contribution in [0, 0.1) is 0 Å². The Morgan fingerprint density at radius 3 is 1.47 bits per heavy atom. The summed E-state index contributed by atoms with van der Waals surface area (Å²) in [6.07, 6.45) is 0. The molecule has 1 aromatic heterocycles. The lowest BCUT2D eigenvalue weighted by molar-refractivity contribution is 1.48. The number of thiazole rings is 1. The van der Waals surface area contributed by atoms with Gasteiger partial charge in [0.05, 0.1) is 10.2 Å². The summed E-state index contributed by atoms with van der Waals surface area (Å²) in [7, 11) is 0. The SMILES string of the molecule is c1ccc2cc(-c3c4ccccc4c(-c4ccc5ccccc5c4)c4cc(-c5ccc(-c6nc7ccccc7s6)cc5)ccc34)ccc2c1. The highest BCUT2D eigenvalue weighted by Gasteiger charge is 2.18. The number of benzene rings is 9. The van der Waals surface area contributed by atoms with E-state index < -0.39 is 0 Å². The molecule has 0 saturated heterocycles. The number of rotatable bonds is 4. The fourth-order valence-electron chi connectivity index (χ4n) is 7.47. The quantitative estimate of drug-likeness (QED) is 0.175. The van der Waals surface area contributed by atoms with Crippen LogP contribution in [0.2, 0.25) is 0 Å². The van der Waals surface area contributed by atoms with Gasteiger partial charge in [-0.15, -0.1) is 11.3 Å². The van der Waals surface area contributed by atoms with Gasteiger partial charge >= 0.3 is 0 Å². The van der Waals surface area contributed by atoms with Crippen LogP contribution in [0.1, 0.15) is 0 Å². The molecule has 49 heavy (non-hydrogen) atoms. The van der Waals surface area contributed by atoms with Gasteiger partial charge in [-0.3, -0.25) is 0 Å². The Morgan fingerprint density at radius 1 is 0.327 bits per heavy atom. The minimum atomic E-state index is 1.05. The standard InChI is InChI=1S/C47H29NS/c1-3-11-34-27-37(23-19-30(34)9-1)45-39-13-5-6-14-40(39)46(38-24-20-31-10-2-4-12-35(31)28-38)42-29-36(25-26-41(42)45)32-17-21-33(22-18-32)47-48-43-15-7-8-16-44(43)49-47/h1-29H. The second-order valence-corrected chi connectivity index (χ2v) is 13.8. The Kier molecular flexibility index (Phi) is 6.43. The molecule has 0 radical (unpaired) electrons. The third-order valence-corrected chi connectivity index (χ3v) is 10.9. The maximum atomic E-state index is 4.90. The summed E-state index contributed by atoms with van der Waals surface area (Å²) in [5.74, 6) is 0. The van der Waals surface area contributed by atoms with E-state index in [4.69, 9.17) is 4.98 Å². The van der Waals surface area contributed by atoms with Crippen molar-refractivity contribution < 1.29 is 0 Å². The Morgan fingerprint density at radius 2 is 0.816 bits per heavy atom. The highest BCUT2D eigenvalue weighted by Crippen LogP contribution is 2.46. The van der Waals surface area contributed by atoms with Crippen molar-refractivity contribution in [3.8, 4) is 44.0 Å². The Bertz CT molecular complexity index is 2850. The molecule has 0 spiro atoms. The molecule has 0 unspecified atom stereocenters. The van der Waals surface area contributed by atoms with Gasteiger partial charge in [-0.25, -0.2) is 4.98 Å². The van der Waals surface area contributed by atoms with E-state index in [0.717, 1.165) is 16.1 Å². The van der Waals surface area contributed by atoms with Crippen LogP contribution in [0.15, 0.2) is 176 Å². The second-order valence-electron chi connectivity index (χ2n) is 12.7. The predicted molar refractivity (Wildman–Crippen MR) is 211 cm³/mol. The van der Waals surface area contributed by atoms with Gasteiger partial charge in [0.25, 0.3) is 0 Å². The van der Waals surface area contributed by atoms with Crippen molar-refractivity contribution in [3.05, 3.63) is 176 Å². The number of hydrogen-bond donors (Lipinski definition) is 0. The van der Waals surface area contributed by atoms with Crippen LogP contribution in [-0.4, -0.2) is 4.98 Å². The van der Waals surface area contributed by atoms with Gasteiger partial charge in [0, 0.05) is 5.56 Å². The Hall–Kier alpha value is -6.09. The first-order valence-electron chi connectivity index (χ1n) is 16.7. The van der Waals surface area contributed by atoms with Crippen molar-refractivity contribution in [3.63, 3.8) is 0 Å². The normalized spacial score (nSPS) is 11.7. The van der Waals surface area contributed by atoms with Gasteiger partial charge in [-0.2, -0.15) is 0 Å². The van der Waals surface area contributed by atoms with E-state index >= 15 is 0 Å². The molecule has 1 heterocycles. The maximum absolute atomic E-state index is 4.90. The molecule has 0 saturated carbocycles. The molecule has 0 amide bonds. The van der Waals surface area contributed by atoms with Crippen molar-refractivity contribution in [1.82, 2.24) is 4.98 Å². The number of aromatic nitrogens is 1. The van der Waals surface area contributed by atoms with E-state index in [1.54, 1.807) is 11.3 Å². The van der Waals surface area contributed by atoms with E-state index in [2.05, 4.69) is 176 Å². The van der Waals surface area contributed by atoms with Gasteiger partial charge in [0.15, 0.2) is 0 Å². The molecule has 0 aliphatic carbocycles. The lowest BCUT2D eigenvalue weighted by atomic mass is 9.84. The van der Waals surface area contributed by atoms with Gasteiger partial charge in [0.2, 0.25) is 0 Å². The molecule has 0 bridgehead atoms. The molecule has 0 atom stereocenters. The van der Waals surface area contributed by atoms with Crippen LogP contribution < -0.4 is 0 Å². The fourth-order valence-corrected chi connectivity index (χ4v) is 8.44. The molecule has 0 N–H and O–H groups in total. The molecule has 0 aliphatic heterocycles. The average molecular weight is 640 g/mol. The zero-order valence-electron chi connectivity index (χ0n) is 26.6. The number of fused-ring (bicyclic) bond motifs is 5. The zero-order valence-corrected chi connectivity index (χ0v) is 27.4. The first-order valence-corrected chi connectivity index (χ1v) is 17.5. The lowest BCUT2D eigenvalue weighted by Gasteiger charge is -2.19. The summed E-state index contributed by atoms with van der Waals surface area (Å²) in [5.41, 5.74) is 9.60. The van der Waals surface area contributed by atoms with Gasteiger partial charge in [-0.1, -0.05) is 146 Å². The first kappa shape index (κ1) is 28.0. The van der Waals surface area contributed by atoms with Gasteiger partial charge < -0.3 is 0 Å². The van der Waals surface area contributed by atoms with Gasteiger partial charge in [0.1, 0.15) is 5.01 Å². The van der Waals surface area contributed by atoms with Crippen molar-refractivity contribution in [2.24, 2.45) is 0 Å². The summed E-state index contributed by atoms with van der Waals surface area (Å²) in [6, 6.07) is 64.3. The third-order valence-electron chi connectivity index (χ3n) is 9.86. The molecule has 10 aromatic rings. The zero-order chi connectivity index (χ0) is 32.3. The average Bonchev–Trinajstić information content (AvgIpc) is 3.61. The number of para-hydroxylation sites is 1. The van der Waals surface area contributed by atoms with Crippen molar-refractivity contribution >= 4 is 64.6 Å². The van der Waals surface area contributed by atoms with E-state index in [1.165, 1.54) is 81.2 Å². The second kappa shape index (κ2) is 11.3. The summed E-state index contributed by atoms with van der Waals surface area (Å²) in [4.78, 5) is 4.90. The third kappa shape index (κ3) is 4.72. The molecule has 0 aliphatic rings. The minimum Gasteiger partial charge on any atom is -0.236 e. The summed E-state index contributed by atoms with van der Waals surface area (Å²) in [6.45, 7) is 0. The Labute approximate surface area is 288 Å². The van der Waals surface area contributed by atoms with Crippen molar-refractivity contribution in [2.75, 3.05) is 0 Å². The van der Waals surface area contributed by atoms with Crippen LogP contribution in [0.25, 0.3) is 97.3 Å². The van der Waals surface area contributed by atoms with Crippen LogP contribution in [0.3, 0.4) is 0 Å². The van der Waals surface area contributed by atoms with E-state index in [0.29, 0.717) is 0 Å². The largest absolute Gasteiger partial charge is 0.236 e. The molecular formula is C47H29NS. The number of hydrogen-bond acceptors (Lipinski definition) is 2. The van der Waals surface area contributed by atoms with Gasteiger partial charge in [-0.05, 0) is 107 Å². The van der Waals surface area contributed by atoms with Crippen LogP contribution >= 0.6 is 11.3 Å². The summed E-state index contributed by atoms with van der Waals surface area (Å²) in [5, 5.41) is 11.1. The highest BCUT2D eigenvalue weighted by molar-refractivity contribution is 7.21. The molecule has 228 valence electrons. The van der Waals surface area contributed by atoms with Crippen molar-refractivity contribution in [2.45, 2.75) is 0 Å². The highest BCUT2D eigenvalue weighted by atomic mass is 32.1. The molecule has 2 heteroatoms. The molecule has 0 fully saturated rings. The maximum Gasteiger partial charge on any atom is 0.124 e. The molecular weight excluding hydrogens is 611 g/mol. The minimum absolute atomic E-state index is 1.05. The molecule has 9 aromatic carbocycles.